The van der Waals surface area contributed by atoms with Crippen molar-refractivity contribution in [2.75, 3.05) is 6.61 Å². The van der Waals surface area contributed by atoms with Crippen LogP contribution in [0.3, 0.4) is 0 Å². The molecule has 232 valence electrons. The molecule has 0 radical (unpaired) electrons. The molecule has 4 aromatic carbocycles. The number of hydrogen-bond acceptors (Lipinski definition) is 5. The highest BCUT2D eigenvalue weighted by atomic mass is 16.5. The van der Waals surface area contributed by atoms with Gasteiger partial charge >= 0.3 is 0 Å². The van der Waals surface area contributed by atoms with E-state index in [4.69, 9.17) is 19.7 Å². The zero-order valence-corrected chi connectivity index (χ0v) is 27.7. The van der Waals surface area contributed by atoms with Gasteiger partial charge < -0.3 is 9.84 Å². The summed E-state index contributed by atoms with van der Waals surface area (Å²) in [4.78, 5) is 14.9. The first kappa shape index (κ1) is 31.9. The van der Waals surface area contributed by atoms with Crippen molar-refractivity contribution in [2.24, 2.45) is 0 Å². The monoisotopic (exact) mass is 599 g/mol. The van der Waals surface area contributed by atoms with Crippen LogP contribution in [0.15, 0.2) is 78.9 Å². The number of ether oxygens (including phenoxy) is 1. The lowest BCUT2D eigenvalue weighted by atomic mass is 9.77. The molecule has 0 unspecified atom stereocenters. The number of aromatic nitrogens is 3. The molecule has 0 atom stereocenters. The molecule has 0 aliphatic heterocycles. The summed E-state index contributed by atoms with van der Waals surface area (Å²) >= 11 is 0. The molecule has 0 aliphatic rings. The second-order valence-electron chi connectivity index (χ2n) is 12.8. The van der Waals surface area contributed by atoms with E-state index in [1.807, 2.05) is 12.1 Å². The number of unbranched alkanes of at least 4 members (excludes halogenated alkanes) is 3. The Morgan fingerprint density at radius 3 is 1.71 bits per heavy atom. The molecular weight excluding hydrogens is 554 g/mol. The second-order valence-corrected chi connectivity index (χ2v) is 12.8. The van der Waals surface area contributed by atoms with Crippen molar-refractivity contribution >= 4 is 0 Å². The Hall–Kier alpha value is -4.51. The van der Waals surface area contributed by atoms with Crippen molar-refractivity contribution in [2.45, 2.75) is 79.6 Å². The number of nitrogens with zero attached hydrogens (tertiary/aromatic N) is 3. The van der Waals surface area contributed by atoms with Gasteiger partial charge in [0.25, 0.3) is 0 Å². The van der Waals surface area contributed by atoms with E-state index in [0.717, 1.165) is 57.3 Å². The van der Waals surface area contributed by atoms with Gasteiger partial charge in [-0.25, -0.2) is 15.0 Å². The minimum Gasteiger partial charge on any atom is -0.507 e. The Labute approximate surface area is 268 Å². The molecule has 0 saturated heterocycles. The van der Waals surface area contributed by atoms with Crippen LogP contribution in [0.25, 0.3) is 34.2 Å². The van der Waals surface area contributed by atoms with Crippen LogP contribution in [0.5, 0.6) is 11.5 Å². The lowest BCUT2D eigenvalue weighted by Crippen LogP contribution is -2.20. The number of benzene rings is 4. The lowest BCUT2D eigenvalue weighted by molar-refractivity contribution is 0.297. The molecule has 0 bridgehead atoms. The largest absolute Gasteiger partial charge is 0.507 e. The van der Waals surface area contributed by atoms with Gasteiger partial charge in [0.15, 0.2) is 17.5 Å². The lowest BCUT2D eigenvalue weighted by Gasteiger charge is -2.29. The fourth-order valence-corrected chi connectivity index (χ4v) is 6.04. The zero-order chi connectivity index (χ0) is 32.1. The molecule has 45 heavy (non-hydrogen) atoms. The summed E-state index contributed by atoms with van der Waals surface area (Å²) < 4.78 is 6.39. The van der Waals surface area contributed by atoms with E-state index in [2.05, 4.69) is 109 Å². The van der Waals surface area contributed by atoms with Crippen molar-refractivity contribution in [1.82, 2.24) is 15.0 Å². The van der Waals surface area contributed by atoms with Gasteiger partial charge in [0.1, 0.15) is 11.5 Å². The average Bonchev–Trinajstić information content (AvgIpc) is 3.00. The molecule has 1 aromatic heterocycles. The molecule has 0 spiro atoms. The minimum absolute atomic E-state index is 0.0788. The van der Waals surface area contributed by atoms with E-state index >= 15 is 0 Å². The third-order valence-electron chi connectivity index (χ3n) is 8.36. The Morgan fingerprint density at radius 2 is 1.18 bits per heavy atom. The van der Waals surface area contributed by atoms with Crippen molar-refractivity contribution in [1.29, 1.82) is 0 Å². The SMILES string of the molecule is CCCCCCOc1cc(O)c(-c2nc(-c3cc(C)cc(C)c3)nc(-c3cc(C)cc(C)c3)n2)cc1C(C)(C)c1ccccc1. The van der Waals surface area contributed by atoms with E-state index in [0.29, 0.717) is 35.4 Å². The van der Waals surface area contributed by atoms with Crippen molar-refractivity contribution in [3.63, 3.8) is 0 Å². The maximum absolute atomic E-state index is 11.6. The van der Waals surface area contributed by atoms with E-state index in [-0.39, 0.29) is 5.75 Å². The predicted molar refractivity (Wildman–Crippen MR) is 185 cm³/mol. The fourth-order valence-electron chi connectivity index (χ4n) is 6.04. The topological polar surface area (TPSA) is 68.1 Å². The summed E-state index contributed by atoms with van der Waals surface area (Å²) in [7, 11) is 0. The maximum atomic E-state index is 11.6. The smallest absolute Gasteiger partial charge is 0.167 e. The number of aryl methyl sites for hydroxylation is 4. The van der Waals surface area contributed by atoms with Crippen LogP contribution in [0.1, 0.15) is 79.8 Å². The van der Waals surface area contributed by atoms with E-state index < -0.39 is 5.41 Å². The number of rotatable bonds is 11. The third kappa shape index (κ3) is 7.42. The van der Waals surface area contributed by atoms with E-state index in [9.17, 15) is 5.11 Å². The molecule has 1 heterocycles. The number of aromatic hydroxyl groups is 1. The van der Waals surface area contributed by atoms with Crippen molar-refractivity contribution in [3.8, 4) is 45.7 Å². The van der Waals surface area contributed by atoms with Crippen LogP contribution in [-0.2, 0) is 5.41 Å². The van der Waals surface area contributed by atoms with Gasteiger partial charge in [-0.1, -0.05) is 105 Å². The zero-order valence-electron chi connectivity index (χ0n) is 27.7. The van der Waals surface area contributed by atoms with Crippen LogP contribution < -0.4 is 4.74 Å². The van der Waals surface area contributed by atoms with Gasteiger partial charge in [-0.15, -0.1) is 0 Å². The average molecular weight is 600 g/mol. The van der Waals surface area contributed by atoms with E-state index in [1.165, 1.54) is 12.8 Å². The summed E-state index contributed by atoms with van der Waals surface area (Å²) in [5.74, 6) is 2.32. The second kappa shape index (κ2) is 13.6. The number of hydrogen-bond donors (Lipinski definition) is 1. The summed E-state index contributed by atoms with van der Waals surface area (Å²) in [6.45, 7) is 15.5. The Morgan fingerprint density at radius 1 is 0.644 bits per heavy atom. The number of phenols is 1. The Bertz CT molecular complexity index is 1680. The van der Waals surface area contributed by atoms with Crippen molar-refractivity contribution < 1.29 is 9.84 Å². The first-order valence-corrected chi connectivity index (χ1v) is 16.0. The van der Waals surface area contributed by atoms with Crippen LogP contribution in [0, 0.1) is 27.7 Å². The third-order valence-corrected chi connectivity index (χ3v) is 8.36. The van der Waals surface area contributed by atoms with Crippen LogP contribution in [0.2, 0.25) is 0 Å². The van der Waals surface area contributed by atoms with Crippen LogP contribution in [-0.4, -0.2) is 26.7 Å². The molecule has 0 saturated carbocycles. The first-order valence-electron chi connectivity index (χ1n) is 16.0. The van der Waals surface area contributed by atoms with E-state index in [1.54, 1.807) is 6.07 Å². The van der Waals surface area contributed by atoms with Gasteiger partial charge in [-0.3, -0.25) is 0 Å². The molecule has 5 aromatic rings. The number of phenolic OH excluding ortho intramolecular Hbond substituents is 1. The van der Waals surface area contributed by atoms with Gasteiger partial charge in [0.05, 0.1) is 12.2 Å². The summed E-state index contributed by atoms with van der Waals surface area (Å²) in [5.41, 5.74) is 8.62. The van der Waals surface area contributed by atoms with Gasteiger partial charge in [-0.2, -0.15) is 0 Å². The Kier molecular flexibility index (Phi) is 9.67. The molecular formula is C40H45N3O2. The highest BCUT2D eigenvalue weighted by Crippen LogP contribution is 2.43. The predicted octanol–water partition coefficient (Wildman–Crippen LogP) is 10.1. The van der Waals surface area contributed by atoms with Crippen LogP contribution >= 0.6 is 0 Å². The van der Waals surface area contributed by atoms with Gasteiger partial charge in [0.2, 0.25) is 0 Å². The fraction of sp³-hybridized carbons (Fsp3) is 0.325. The normalized spacial score (nSPS) is 11.5. The molecule has 1 N–H and O–H groups in total. The summed E-state index contributed by atoms with van der Waals surface area (Å²) in [5, 5.41) is 11.6. The van der Waals surface area contributed by atoms with Gasteiger partial charge in [0, 0.05) is 28.2 Å². The standard InChI is InChI=1S/C40H45N3O2/c1-8-9-10-14-17-45-36-25-35(44)33(24-34(36)40(6,7)32-15-12-11-13-16-32)39-42-37(30-20-26(2)18-27(3)21-30)41-38(43-39)31-22-28(4)19-29(5)23-31/h11-13,15-16,18-25,44H,8-10,14,17H2,1-7H3. The molecule has 5 rings (SSSR count). The quantitative estimate of drug-likeness (QED) is 0.153. The van der Waals surface area contributed by atoms with Crippen molar-refractivity contribution in [3.05, 3.63) is 112 Å². The maximum Gasteiger partial charge on any atom is 0.167 e. The molecule has 0 aliphatic carbocycles. The molecule has 5 nitrogen and oxygen atoms in total. The van der Waals surface area contributed by atoms with Gasteiger partial charge in [-0.05, 0) is 70.0 Å². The molecule has 0 amide bonds. The summed E-state index contributed by atoms with van der Waals surface area (Å²) in [6, 6.07) is 26.8. The van der Waals surface area contributed by atoms with Crippen LogP contribution in [0.4, 0.5) is 0 Å². The Balaban J connectivity index is 1.71. The minimum atomic E-state index is -0.414. The highest BCUT2D eigenvalue weighted by molar-refractivity contribution is 5.73. The first-order chi connectivity index (χ1) is 21.5. The highest BCUT2D eigenvalue weighted by Gasteiger charge is 2.29. The molecule has 0 fully saturated rings. The molecule has 5 heteroatoms. The summed E-state index contributed by atoms with van der Waals surface area (Å²) in [6.07, 6.45) is 4.43.